The molecule has 10 rings (SSSR count). The van der Waals surface area contributed by atoms with Gasteiger partial charge in [-0.2, -0.15) is 10.3 Å². The fraction of sp³-hybridized carbons (Fsp3) is 0.455. The normalized spacial score (nSPS) is 18.5. The van der Waals surface area contributed by atoms with Crippen molar-refractivity contribution in [3.8, 4) is 6.19 Å². The molecule has 4 N–H and O–H groups in total. The largest absolute Gasteiger partial charge is 0.368 e. The average Bonchev–Trinajstić information content (AvgIpc) is 1.77. The first-order valence-electron chi connectivity index (χ1n) is 30.4. The van der Waals surface area contributed by atoms with Gasteiger partial charge in [0.25, 0.3) is 24.4 Å². The molecule has 560 valence electrons. The zero-order valence-electron chi connectivity index (χ0n) is 56.0. The maximum Gasteiger partial charge on any atom is 0.276 e. The van der Waals surface area contributed by atoms with Gasteiger partial charge in [-0.1, -0.05) is 119 Å². The Labute approximate surface area is 630 Å². The van der Waals surface area contributed by atoms with E-state index in [0.29, 0.717) is 102 Å². The second kappa shape index (κ2) is 43.4. The van der Waals surface area contributed by atoms with E-state index in [-0.39, 0.29) is 25.9 Å². The van der Waals surface area contributed by atoms with E-state index >= 15 is 0 Å². The Morgan fingerprint density at radius 3 is 1.79 bits per heavy atom. The Bertz CT molecular complexity index is 3860. The number of hydrazone groups is 5. The Morgan fingerprint density at radius 2 is 1.29 bits per heavy atom. The first kappa shape index (κ1) is 84.9. The topological polar surface area (TPSA) is 477 Å². The number of rotatable bonds is 20. The lowest BCUT2D eigenvalue weighted by Gasteiger charge is -2.39. The fourth-order valence-corrected chi connectivity index (χ4v) is 17.1. The van der Waals surface area contributed by atoms with Crippen molar-refractivity contribution in [2.75, 3.05) is 80.1 Å². The van der Waals surface area contributed by atoms with Gasteiger partial charge in [-0.15, -0.1) is 11.3 Å². The summed E-state index contributed by atoms with van der Waals surface area (Å²) in [6, 6.07) is 14.2. The average molecular weight is 1610 g/mol. The van der Waals surface area contributed by atoms with E-state index in [1.165, 1.54) is 46.5 Å². The Balaban J connectivity index is 0.000000326. The maximum absolute atomic E-state index is 12.7. The highest BCUT2D eigenvalue weighted by Gasteiger charge is 2.43. The number of nitro groups is 5. The quantitative estimate of drug-likeness (QED) is 0.0124. The van der Waals surface area contributed by atoms with Crippen LogP contribution in [0.2, 0.25) is 25.1 Å². The second-order valence-electron chi connectivity index (χ2n) is 21.8. The number of hydrogen-bond donors (Lipinski definition) is 3. The molecule has 5 aliphatic heterocycles. The van der Waals surface area contributed by atoms with Gasteiger partial charge in [0.2, 0.25) is 11.4 Å². The minimum atomic E-state index is -3.01. The molecule has 5 fully saturated rings. The van der Waals surface area contributed by atoms with Crippen molar-refractivity contribution in [2.24, 2.45) is 36.2 Å². The molecular formula is C55H75Cl5N27O12PS3. The SMILES string of the molecule is CCC(C)SP(=O)(OC)C1CCN/C1=N/[N+](=O)[O-].CN(Cc1ccc(Cl)nc1)/C(N)=N/[N+](=O)[O-].CN1CN(C)/C(=N\[N+](=O)[O-])N(Cc2cnc(Cl)s2)C1.N#CN=C1CCCN1Cc1ccc(Cl)nc1.O=[N+]([O-])/N=C1\NCCN1Cc1ccc(Cl)nc1.O=[N+]([O-])/N=C1\SCCN1Cc1ccc(Cl)nc1.[HH].[HH]. The molecule has 48 heteroatoms. The van der Waals surface area contributed by atoms with Crippen LogP contribution in [0, 0.1) is 62.0 Å². The van der Waals surface area contributed by atoms with Gasteiger partial charge < -0.3 is 50.3 Å². The first-order chi connectivity index (χ1) is 49.0. The van der Waals surface area contributed by atoms with Gasteiger partial charge in [-0.05, 0) is 72.8 Å². The molecule has 0 aliphatic carbocycles. The van der Waals surface area contributed by atoms with Gasteiger partial charge in [0, 0.05) is 136 Å². The summed E-state index contributed by atoms with van der Waals surface area (Å²) < 4.78 is 18.4. The number of aromatic nitrogens is 5. The molecule has 5 aromatic heterocycles. The molecule has 5 aromatic rings. The zero-order chi connectivity index (χ0) is 75.8. The predicted octanol–water partition coefficient (Wildman–Crippen LogP) is 9.14. The van der Waals surface area contributed by atoms with Gasteiger partial charge in [-0.25, -0.2) is 75.5 Å². The van der Waals surface area contributed by atoms with E-state index in [1.807, 2.05) is 60.0 Å². The Morgan fingerprint density at radius 1 is 0.738 bits per heavy atom. The number of pyridine rings is 4. The molecule has 5 saturated heterocycles. The number of thiazole rings is 1. The molecule has 0 radical (unpaired) electrons. The molecule has 0 spiro atoms. The number of likely N-dealkylation sites (tertiary alicyclic amines) is 1. The minimum absolute atomic E-state index is 0. The van der Waals surface area contributed by atoms with E-state index in [0.717, 1.165) is 77.6 Å². The summed E-state index contributed by atoms with van der Waals surface area (Å²) in [6.07, 6.45) is 13.5. The highest BCUT2D eigenvalue weighted by molar-refractivity contribution is 8.57. The van der Waals surface area contributed by atoms with Crippen LogP contribution in [0.3, 0.4) is 0 Å². The van der Waals surface area contributed by atoms with Crippen molar-refractivity contribution >= 4 is 134 Å². The molecule has 39 nitrogen and oxygen atoms in total. The third kappa shape index (κ3) is 30.6. The highest BCUT2D eigenvalue weighted by atomic mass is 35.5. The van der Waals surface area contributed by atoms with Crippen molar-refractivity contribution in [1.82, 2.24) is 69.9 Å². The summed E-state index contributed by atoms with van der Waals surface area (Å²) in [6.45, 7) is 8.33. The number of amidine groups is 3. The van der Waals surface area contributed by atoms with Crippen LogP contribution >= 0.6 is 99.1 Å². The number of thioether (sulfide) groups is 1. The monoisotopic (exact) mass is 1610 g/mol. The Kier molecular flexibility index (Phi) is 35.7. The van der Waals surface area contributed by atoms with Crippen molar-refractivity contribution in [3.05, 3.63) is 182 Å². The number of guanidine groups is 3. The van der Waals surface area contributed by atoms with Crippen LogP contribution < -0.4 is 16.4 Å². The molecule has 0 saturated carbocycles. The van der Waals surface area contributed by atoms with Crippen molar-refractivity contribution in [3.63, 3.8) is 0 Å². The molecular weight excluding hydrogens is 1540 g/mol. The number of aliphatic imine (C=N–C) groups is 1. The van der Waals surface area contributed by atoms with Crippen LogP contribution in [0.5, 0.6) is 0 Å². The molecule has 103 heavy (non-hydrogen) atoms. The Hall–Kier alpha value is -8.76. The van der Waals surface area contributed by atoms with Crippen LogP contribution in [0.25, 0.3) is 0 Å². The van der Waals surface area contributed by atoms with Crippen LogP contribution in [-0.4, -0.2) is 210 Å². The van der Waals surface area contributed by atoms with E-state index in [4.69, 9.17) is 73.5 Å². The van der Waals surface area contributed by atoms with E-state index < -0.39 is 37.4 Å². The number of nitrogens with one attached hydrogen (secondary N) is 2. The summed E-state index contributed by atoms with van der Waals surface area (Å²) in [7, 11) is 6.69. The number of halogens is 5. The third-order valence-corrected chi connectivity index (χ3v) is 23.0. The third-order valence-electron chi connectivity index (χ3n) is 14.1. The van der Waals surface area contributed by atoms with Crippen molar-refractivity contribution in [2.45, 2.75) is 83.2 Å². The smallest absolute Gasteiger partial charge is 0.276 e. The summed E-state index contributed by atoms with van der Waals surface area (Å²) in [5.41, 5.74) is 8.66. The summed E-state index contributed by atoms with van der Waals surface area (Å²) in [5, 5.41) is 81.1. The zero-order valence-corrected chi connectivity index (χ0v) is 63.1. The van der Waals surface area contributed by atoms with Gasteiger partial charge >= 0.3 is 0 Å². The highest BCUT2D eigenvalue weighted by Crippen LogP contribution is 2.66. The second-order valence-corrected chi connectivity index (χ2v) is 31.4. The van der Waals surface area contributed by atoms with Crippen LogP contribution in [-0.2, 0) is 41.8 Å². The minimum Gasteiger partial charge on any atom is -0.368 e. The van der Waals surface area contributed by atoms with Crippen molar-refractivity contribution < 1.29 is 37.1 Å². The van der Waals surface area contributed by atoms with Crippen molar-refractivity contribution in [1.29, 1.82) is 5.26 Å². The summed E-state index contributed by atoms with van der Waals surface area (Å²) in [5.74, 6) is 2.31. The lowest BCUT2D eigenvalue weighted by molar-refractivity contribution is -0.486. The number of nitrogens with zero attached hydrogens (tertiary/aromatic N) is 24. The van der Waals surface area contributed by atoms with Gasteiger partial charge in [0.05, 0.1) is 30.1 Å². The lowest BCUT2D eigenvalue weighted by atomic mass is 10.3. The predicted molar refractivity (Wildman–Crippen MR) is 399 cm³/mol. The number of hydrogen-bond acceptors (Lipinski definition) is 23. The molecule has 3 atom stereocenters. The van der Waals surface area contributed by atoms with Gasteiger partial charge in [0.15, 0.2) is 35.5 Å². The molecule has 5 aliphatic rings. The number of nitrogens with two attached hydrogens (primary N) is 1. The van der Waals surface area contributed by atoms with Gasteiger partial charge in [-0.3, -0.25) is 9.46 Å². The van der Waals surface area contributed by atoms with E-state index in [9.17, 15) is 55.1 Å². The molecule has 0 amide bonds. The standard InChI is InChI=1S/C11H11ClN4.C9H13ClN6O2S.C9H10ClN5O2.C9H9ClN4O2S.C9H18N3O4PS.C8H10ClN5O2.2H2/c12-10-4-3-9(6-14-10)7-16-5-1-2-11(16)15-8-13;1-13-5-14(2)9(12-16(17)18)15(6-13)4-7-3-11-8(10)19-7;10-8-2-1-7(5-12-8)6-14-4-3-11-9(14)13-15(16)17;10-8-2-1-7(5-11-8)6-13-3-4-17-9(13)12-14(15)16;1-4-7(2)18-17(15,16-3)8-5-6-10-9(8)11-12(13)14;1-13(8(10)12-14(15)16)5-6-2-3-7(9)11-4-6;;/h3-4,6H,1-2,5,7H2;3H,4-6H2,1-2H3;1-2,5H,3-4,6H2,(H,11,13);1-2,5H,3-4,6H2;7-8H,4-6H2,1-3H3,(H,10,11);2-4H,5H2,1H3,(H2,10,12);2*1H/b;12-9+;;12-9-;;;;. The van der Waals surface area contributed by atoms with Crippen LogP contribution in [0.15, 0.2) is 110 Å². The molecule has 0 bridgehead atoms. The fourth-order valence-electron chi connectivity index (χ4n) is 9.44. The molecule has 0 aromatic carbocycles. The number of nitriles is 1. The first-order valence-corrected chi connectivity index (χ1v) is 37.3. The maximum atomic E-state index is 12.7. The lowest BCUT2D eigenvalue weighted by Crippen LogP contribution is -2.55. The molecule has 3 unspecified atom stereocenters. The summed E-state index contributed by atoms with van der Waals surface area (Å²) >= 11 is 32.5. The summed E-state index contributed by atoms with van der Waals surface area (Å²) in [4.78, 5) is 89.1. The van der Waals surface area contributed by atoms with Crippen LogP contribution in [0.1, 0.15) is 69.5 Å². The van der Waals surface area contributed by atoms with E-state index in [1.54, 1.807) is 85.2 Å². The van der Waals surface area contributed by atoms with Gasteiger partial charge in [0.1, 0.15) is 47.4 Å². The van der Waals surface area contributed by atoms with E-state index in [2.05, 4.69) is 71.0 Å². The van der Waals surface area contributed by atoms with Crippen LogP contribution in [0.4, 0.5) is 0 Å². The molecule has 10 heterocycles.